The summed E-state index contributed by atoms with van der Waals surface area (Å²) in [7, 11) is 1.60. The van der Waals surface area contributed by atoms with Gasteiger partial charge in [0.15, 0.2) is 0 Å². The Balaban J connectivity index is 1.97. The Hall–Kier alpha value is -3.87. The van der Waals surface area contributed by atoms with Crippen molar-refractivity contribution in [2.75, 3.05) is 12.4 Å². The largest absolute Gasteiger partial charge is 0.444 e. The van der Waals surface area contributed by atoms with Gasteiger partial charge in [-0.15, -0.1) is 0 Å². The number of likely N-dealkylation sites (N-methyl/N-ethyl adjacent to an activating group) is 1. The predicted octanol–water partition coefficient (Wildman–Crippen LogP) is 6.14. The topological polar surface area (TPSA) is 87.7 Å². The fourth-order valence-corrected chi connectivity index (χ4v) is 4.53. The zero-order valence-corrected chi connectivity index (χ0v) is 23.6. The maximum atomic E-state index is 13.9. The Morgan fingerprint density at radius 1 is 0.868 bits per heavy atom. The van der Waals surface area contributed by atoms with E-state index in [0.717, 1.165) is 27.5 Å². The number of carbonyl (C=O) groups excluding carboxylic acids is 3. The second kappa shape index (κ2) is 11.7. The van der Waals surface area contributed by atoms with Gasteiger partial charge in [0.2, 0.25) is 5.91 Å². The van der Waals surface area contributed by atoms with Gasteiger partial charge in [-0.1, -0.05) is 62.4 Å². The van der Waals surface area contributed by atoms with Crippen LogP contribution in [-0.4, -0.2) is 41.5 Å². The number of amides is 3. The molecule has 3 rings (SSSR count). The van der Waals surface area contributed by atoms with Gasteiger partial charge in [-0.3, -0.25) is 9.59 Å². The van der Waals surface area contributed by atoms with Crippen LogP contribution in [0.25, 0.3) is 10.8 Å². The first-order valence-electron chi connectivity index (χ1n) is 12.9. The Morgan fingerprint density at radius 2 is 1.47 bits per heavy atom. The van der Waals surface area contributed by atoms with Gasteiger partial charge < -0.3 is 20.3 Å². The van der Waals surface area contributed by atoms with Gasteiger partial charge in [-0.25, -0.2) is 4.79 Å². The average Bonchev–Trinajstić information content (AvgIpc) is 2.82. The first-order chi connectivity index (χ1) is 17.8. The van der Waals surface area contributed by atoms with Crippen LogP contribution >= 0.6 is 0 Å². The molecular formula is C31H39N3O4. The number of hydrogen-bond donors (Lipinski definition) is 2. The van der Waals surface area contributed by atoms with E-state index in [1.807, 2.05) is 88.4 Å². The monoisotopic (exact) mass is 517 g/mol. The minimum Gasteiger partial charge on any atom is -0.444 e. The van der Waals surface area contributed by atoms with Gasteiger partial charge in [0, 0.05) is 12.7 Å². The highest BCUT2D eigenvalue weighted by molar-refractivity contribution is 6.00. The Labute approximate surface area is 225 Å². The zero-order chi connectivity index (χ0) is 28.2. The maximum Gasteiger partial charge on any atom is 0.408 e. The molecule has 7 heteroatoms. The average molecular weight is 518 g/mol. The molecule has 38 heavy (non-hydrogen) atoms. The van der Waals surface area contributed by atoms with E-state index in [-0.39, 0.29) is 17.7 Å². The van der Waals surface area contributed by atoms with E-state index >= 15 is 0 Å². The van der Waals surface area contributed by atoms with Crippen LogP contribution < -0.4 is 10.6 Å². The summed E-state index contributed by atoms with van der Waals surface area (Å²) in [6.45, 7) is 12.8. The van der Waals surface area contributed by atoms with E-state index in [0.29, 0.717) is 5.69 Å². The lowest BCUT2D eigenvalue weighted by Gasteiger charge is -2.34. The highest BCUT2D eigenvalue weighted by Crippen LogP contribution is 2.30. The summed E-state index contributed by atoms with van der Waals surface area (Å²) >= 11 is 0. The van der Waals surface area contributed by atoms with Crippen molar-refractivity contribution in [2.45, 2.75) is 66.2 Å². The minimum absolute atomic E-state index is 0.236. The molecule has 0 aromatic heterocycles. The number of rotatable bonds is 7. The summed E-state index contributed by atoms with van der Waals surface area (Å²) in [5, 5.41) is 7.80. The number of benzene rings is 3. The Morgan fingerprint density at radius 3 is 2.05 bits per heavy atom. The van der Waals surface area contributed by atoms with E-state index in [2.05, 4.69) is 10.6 Å². The molecule has 0 spiro atoms. The molecular weight excluding hydrogens is 478 g/mol. The lowest BCUT2D eigenvalue weighted by molar-refractivity contribution is -0.140. The molecule has 0 saturated carbocycles. The van der Waals surface area contributed by atoms with E-state index in [1.54, 1.807) is 27.8 Å². The Kier molecular flexibility index (Phi) is 8.82. The second-order valence-electron chi connectivity index (χ2n) is 11.1. The van der Waals surface area contributed by atoms with Gasteiger partial charge in [0.1, 0.15) is 17.7 Å². The van der Waals surface area contributed by atoms with Gasteiger partial charge in [-0.05, 0) is 80.1 Å². The van der Waals surface area contributed by atoms with Crippen LogP contribution in [0.15, 0.2) is 60.7 Å². The van der Waals surface area contributed by atoms with Crippen LogP contribution in [-0.2, 0) is 14.3 Å². The Bertz CT molecular complexity index is 1310. The van der Waals surface area contributed by atoms with E-state index in [9.17, 15) is 14.4 Å². The second-order valence-corrected chi connectivity index (χ2v) is 11.1. The van der Waals surface area contributed by atoms with Crippen LogP contribution in [0.4, 0.5) is 10.5 Å². The lowest BCUT2D eigenvalue weighted by Crippen LogP contribution is -2.53. The number of nitrogens with zero attached hydrogens (tertiary/aromatic N) is 1. The molecule has 2 unspecified atom stereocenters. The van der Waals surface area contributed by atoms with E-state index in [4.69, 9.17) is 4.74 Å². The zero-order valence-electron chi connectivity index (χ0n) is 23.6. The standard InChI is InChI=1S/C31H39N3O4/c1-19(2)26(33-30(37)38-31(5,6)7)29(36)34(8)27(25-20(3)12-11-13-21(25)4)28(35)32-24-17-16-22-14-9-10-15-23(22)18-24/h9-19,26-27H,1-8H3,(H,32,35)(H,33,37). The van der Waals surface area contributed by atoms with E-state index in [1.165, 1.54) is 4.90 Å². The third-order valence-electron chi connectivity index (χ3n) is 6.42. The minimum atomic E-state index is -0.920. The number of ether oxygens (including phenoxy) is 1. The normalized spacial score (nSPS) is 13.1. The summed E-state index contributed by atoms with van der Waals surface area (Å²) in [5.74, 6) is -0.958. The first kappa shape index (κ1) is 28.7. The third-order valence-corrected chi connectivity index (χ3v) is 6.42. The van der Waals surface area contributed by atoms with Gasteiger partial charge in [0.05, 0.1) is 0 Å². The smallest absolute Gasteiger partial charge is 0.408 e. The summed E-state index contributed by atoms with van der Waals surface area (Å²) in [6, 6.07) is 17.6. The molecule has 0 saturated heterocycles. The molecule has 202 valence electrons. The molecule has 0 aliphatic carbocycles. The molecule has 0 bridgehead atoms. The highest BCUT2D eigenvalue weighted by atomic mass is 16.6. The summed E-state index contributed by atoms with van der Waals surface area (Å²) in [5.41, 5.74) is 2.47. The van der Waals surface area contributed by atoms with Crippen molar-refractivity contribution >= 4 is 34.4 Å². The quantitative estimate of drug-likeness (QED) is 0.394. The number of aryl methyl sites for hydroxylation is 2. The molecule has 0 fully saturated rings. The third kappa shape index (κ3) is 6.91. The van der Waals surface area contributed by atoms with Crippen LogP contribution in [0, 0.1) is 19.8 Å². The summed E-state index contributed by atoms with van der Waals surface area (Å²) in [6.07, 6.45) is -0.679. The number of carbonyl (C=O) groups is 3. The van der Waals surface area contributed by atoms with Crippen molar-refractivity contribution in [1.29, 1.82) is 0 Å². The molecule has 2 atom stereocenters. The number of fused-ring (bicyclic) bond motifs is 1. The van der Waals surface area contributed by atoms with Crippen LogP contribution in [0.5, 0.6) is 0 Å². The van der Waals surface area contributed by atoms with Crippen LogP contribution in [0.3, 0.4) is 0 Å². The van der Waals surface area contributed by atoms with Crippen molar-refractivity contribution < 1.29 is 19.1 Å². The van der Waals surface area contributed by atoms with Gasteiger partial charge >= 0.3 is 6.09 Å². The molecule has 2 N–H and O–H groups in total. The number of anilines is 1. The fraction of sp³-hybridized carbons (Fsp3) is 0.387. The highest BCUT2D eigenvalue weighted by Gasteiger charge is 2.36. The molecule has 0 heterocycles. The van der Waals surface area contributed by atoms with Crippen LogP contribution in [0.2, 0.25) is 0 Å². The first-order valence-corrected chi connectivity index (χ1v) is 12.9. The van der Waals surface area contributed by atoms with Crippen molar-refractivity contribution in [1.82, 2.24) is 10.2 Å². The van der Waals surface area contributed by atoms with Crippen molar-refractivity contribution in [2.24, 2.45) is 5.92 Å². The van der Waals surface area contributed by atoms with E-state index < -0.39 is 23.8 Å². The SMILES string of the molecule is Cc1cccc(C)c1C(C(=O)Nc1ccc2ccccc2c1)N(C)C(=O)C(NC(=O)OC(C)(C)C)C(C)C. The summed E-state index contributed by atoms with van der Waals surface area (Å²) < 4.78 is 5.39. The predicted molar refractivity (Wildman–Crippen MR) is 152 cm³/mol. The van der Waals surface area contributed by atoms with Crippen molar-refractivity contribution in [3.05, 3.63) is 77.4 Å². The van der Waals surface area contributed by atoms with Crippen molar-refractivity contribution in [3.8, 4) is 0 Å². The molecule has 0 radical (unpaired) electrons. The maximum absolute atomic E-state index is 13.9. The number of alkyl carbamates (subject to hydrolysis) is 1. The lowest BCUT2D eigenvalue weighted by atomic mass is 9.93. The van der Waals surface area contributed by atoms with Crippen LogP contribution in [0.1, 0.15) is 57.4 Å². The molecule has 3 aromatic carbocycles. The van der Waals surface area contributed by atoms with Crippen molar-refractivity contribution in [3.63, 3.8) is 0 Å². The number of hydrogen-bond acceptors (Lipinski definition) is 4. The molecule has 0 aliphatic rings. The number of nitrogens with one attached hydrogen (secondary N) is 2. The molecule has 3 amide bonds. The van der Waals surface area contributed by atoms with Gasteiger partial charge in [0.25, 0.3) is 5.91 Å². The molecule has 7 nitrogen and oxygen atoms in total. The summed E-state index contributed by atoms with van der Waals surface area (Å²) in [4.78, 5) is 41.7. The van der Waals surface area contributed by atoms with Gasteiger partial charge in [-0.2, -0.15) is 0 Å². The fourth-order valence-electron chi connectivity index (χ4n) is 4.53. The molecule has 0 aliphatic heterocycles. The molecule has 3 aromatic rings.